The molecule has 1 aliphatic rings. The minimum atomic E-state index is -0.495. The molecule has 31 heavy (non-hydrogen) atoms. The van der Waals surface area contributed by atoms with E-state index in [0.717, 1.165) is 22.4 Å². The van der Waals surface area contributed by atoms with Crippen LogP contribution in [-0.2, 0) is 22.6 Å². The molecule has 1 aliphatic heterocycles. The summed E-state index contributed by atoms with van der Waals surface area (Å²) in [4.78, 5) is 26.4. The molecule has 0 aliphatic carbocycles. The van der Waals surface area contributed by atoms with E-state index in [4.69, 9.17) is 10.5 Å². The van der Waals surface area contributed by atoms with Crippen LogP contribution in [0.15, 0.2) is 72.8 Å². The van der Waals surface area contributed by atoms with Crippen LogP contribution < -0.4 is 15.8 Å². The Balaban J connectivity index is 1.38. The number of primary amides is 1. The van der Waals surface area contributed by atoms with E-state index < -0.39 is 11.9 Å². The molecule has 4 rings (SSSR count). The van der Waals surface area contributed by atoms with E-state index >= 15 is 0 Å². The molecule has 0 fully saturated rings. The summed E-state index contributed by atoms with van der Waals surface area (Å²) in [6.45, 7) is 2.61. The molecule has 0 aromatic heterocycles. The topological polar surface area (TPSA) is 84.7 Å². The predicted octanol–water partition coefficient (Wildman–Crippen LogP) is 3.64. The third-order valence-electron chi connectivity index (χ3n) is 5.38. The summed E-state index contributed by atoms with van der Waals surface area (Å²) in [7, 11) is 0. The molecule has 3 aromatic rings. The monoisotopic (exact) mass is 415 g/mol. The first-order valence-corrected chi connectivity index (χ1v) is 10.2. The molecular weight excluding hydrogens is 390 g/mol. The number of nitrogens with one attached hydrogen (secondary N) is 1. The quantitative estimate of drug-likeness (QED) is 0.644. The van der Waals surface area contributed by atoms with Gasteiger partial charge in [-0.05, 0) is 66.4 Å². The number of hydrogen-bond acceptors (Lipinski definition) is 4. The van der Waals surface area contributed by atoms with Crippen LogP contribution in [0.3, 0.4) is 0 Å². The molecule has 0 spiro atoms. The van der Waals surface area contributed by atoms with Crippen molar-refractivity contribution in [3.63, 3.8) is 0 Å². The highest BCUT2D eigenvalue weighted by Crippen LogP contribution is 2.25. The van der Waals surface area contributed by atoms with Crippen molar-refractivity contribution in [2.75, 3.05) is 11.9 Å². The van der Waals surface area contributed by atoms with Gasteiger partial charge in [0.05, 0.1) is 12.6 Å². The number of ether oxygens (including phenoxy) is 1. The van der Waals surface area contributed by atoms with E-state index in [1.54, 1.807) is 24.3 Å². The van der Waals surface area contributed by atoms with Crippen molar-refractivity contribution in [2.24, 2.45) is 5.73 Å². The summed E-state index contributed by atoms with van der Waals surface area (Å²) in [6.07, 6.45) is 0.518. The first kappa shape index (κ1) is 20.6. The average molecular weight is 415 g/mol. The lowest BCUT2D eigenvalue weighted by molar-refractivity contribution is -0.125. The van der Waals surface area contributed by atoms with Gasteiger partial charge in [-0.1, -0.05) is 36.4 Å². The Morgan fingerprint density at radius 1 is 1.00 bits per heavy atom. The second-order valence-electron chi connectivity index (χ2n) is 7.79. The Kier molecular flexibility index (Phi) is 6.00. The van der Waals surface area contributed by atoms with Gasteiger partial charge in [-0.2, -0.15) is 0 Å². The minimum absolute atomic E-state index is 0.0868. The molecule has 1 heterocycles. The highest BCUT2D eigenvalue weighted by molar-refractivity contribution is 5.93. The summed E-state index contributed by atoms with van der Waals surface area (Å²) < 4.78 is 5.84. The largest absolute Gasteiger partial charge is 0.457 e. The maximum Gasteiger partial charge on any atom is 0.238 e. The van der Waals surface area contributed by atoms with Crippen LogP contribution in [-0.4, -0.2) is 29.3 Å². The van der Waals surface area contributed by atoms with E-state index in [1.165, 1.54) is 0 Å². The molecule has 6 heteroatoms. The van der Waals surface area contributed by atoms with Gasteiger partial charge in [-0.25, -0.2) is 0 Å². The van der Waals surface area contributed by atoms with Crippen LogP contribution >= 0.6 is 0 Å². The summed E-state index contributed by atoms with van der Waals surface area (Å²) >= 11 is 0. The first-order chi connectivity index (χ1) is 15.0. The fourth-order valence-corrected chi connectivity index (χ4v) is 3.83. The van der Waals surface area contributed by atoms with E-state index in [2.05, 4.69) is 5.32 Å². The van der Waals surface area contributed by atoms with Crippen molar-refractivity contribution < 1.29 is 14.3 Å². The number of amides is 2. The van der Waals surface area contributed by atoms with Crippen molar-refractivity contribution in [2.45, 2.75) is 25.9 Å². The van der Waals surface area contributed by atoms with E-state index in [0.29, 0.717) is 24.4 Å². The maximum atomic E-state index is 12.6. The number of aryl methyl sites for hydroxylation is 1. The van der Waals surface area contributed by atoms with Crippen molar-refractivity contribution in [1.29, 1.82) is 0 Å². The van der Waals surface area contributed by atoms with Crippen LogP contribution in [0.25, 0.3) is 0 Å². The summed E-state index contributed by atoms with van der Waals surface area (Å²) in [5.41, 5.74) is 9.61. The molecular formula is C25H25N3O3. The van der Waals surface area contributed by atoms with Crippen LogP contribution in [0.4, 0.5) is 5.69 Å². The smallest absolute Gasteiger partial charge is 0.238 e. The third kappa shape index (κ3) is 5.10. The van der Waals surface area contributed by atoms with Gasteiger partial charge in [0.15, 0.2) is 0 Å². The highest BCUT2D eigenvalue weighted by Gasteiger charge is 2.31. The van der Waals surface area contributed by atoms with Crippen molar-refractivity contribution in [1.82, 2.24) is 4.90 Å². The molecule has 0 radical (unpaired) electrons. The molecule has 3 aromatic carbocycles. The fourth-order valence-electron chi connectivity index (χ4n) is 3.83. The van der Waals surface area contributed by atoms with Gasteiger partial charge in [0.2, 0.25) is 11.8 Å². The van der Waals surface area contributed by atoms with Crippen LogP contribution in [0.2, 0.25) is 0 Å². The third-order valence-corrected chi connectivity index (χ3v) is 5.38. The molecule has 6 nitrogen and oxygen atoms in total. The number of hydrogen-bond donors (Lipinski definition) is 2. The second-order valence-corrected chi connectivity index (χ2v) is 7.79. The van der Waals surface area contributed by atoms with Crippen molar-refractivity contribution in [3.05, 3.63) is 89.5 Å². The van der Waals surface area contributed by atoms with Crippen molar-refractivity contribution >= 4 is 17.5 Å². The van der Waals surface area contributed by atoms with Gasteiger partial charge in [-0.3, -0.25) is 14.5 Å². The summed E-state index contributed by atoms with van der Waals surface area (Å²) in [6, 6.07) is 22.4. The zero-order chi connectivity index (χ0) is 21.8. The summed E-state index contributed by atoms with van der Waals surface area (Å²) in [5.74, 6) is 0.836. The predicted molar refractivity (Wildman–Crippen MR) is 120 cm³/mol. The van der Waals surface area contributed by atoms with E-state index in [9.17, 15) is 9.59 Å². The average Bonchev–Trinajstić information content (AvgIpc) is 2.74. The van der Waals surface area contributed by atoms with Gasteiger partial charge < -0.3 is 15.8 Å². The van der Waals surface area contributed by atoms with Gasteiger partial charge in [0.1, 0.15) is 11.5 Å². The Hall–Kier alpha value is -3.64. The SMILES string of the molecule is Cc1cccc(Oc2ccc(NC(=O)CN3Cc4ccccc4CC3C(N)=O)cc2)c1. The highest BCUT2D eigenvalue weighted by atomic mass is 16.5. The molecule has 0 bridgehead atoms. The number of rotatable bonds is 6. The Labute approximate surface area is 181 Å². The number of nitrogens with zero attached hydrogens (tertiary/aromatic N) is 1. The van der Waals surface area contributed by atoms with Crippen LogP contribution in [0, 0.1) is 6.92 Å². The number of benzene rings is 3. The molecule has 2 amide bonds. The molecule has 0 saturated carbocycles. The number of nitrogens with two attached hydrogens (primary N) is 1. The number of fused-ring (bicyclic) bond motifs is 1. The number of anilines is 1. The van der Waals surface area contributed by atoms with Gasteiger partial charge in [0, 0.05) is 12.2 Å². The van der Waals surface area contributed by atoms with E-state index in [-0.39, 0.29) is 12.5 Å². The first-order valence-electron chi connectivity index (χ1n) is 10.2. The normalized spacial score (nSPS) is 15.7. The lowest BCUT2D eigenvalue weighted by Crippen LogP contribution is -2.50. The fraction of sp³-hybridized carbons (Fsp3) is 0.200. The lowest BCUT2D eigenvalue weighted by atomic mass is 9.93. The van der Waals surface area contributed by atoms with Gasteiger partial charge in [0.25, 0.3) is 0 Å². The van der Waals surface area contributed by atoms with Gasteiger partial charge >= 0.3 is 0 Å². The Morgan fingerprint density at radius 3 is 2.45 bits per heavy atom. The Morgan fingerprint density at radius 2 is 1.74 bits per heavy atom. The second kappa shape index (κ2) is 9.02. The molecule has 3 N–H and O–H groups in total. The molecule has 0 saturated heterocycles. The minimum Gasteiger partial charge on any atom is -0.457 e. The summed E-state index contributed by atoms with van der Waals surface area (Å²) in [5, 5.41) is 2.88. The number of carbonyl (C=O) groups is 2. The molecule has 1 unspecified atom stereocenters. The maximum absolute atomic E-state index is 12.6. The Bertz CT molecular complexity index is 1100. The molecule has 158 valence electrons. The standard InChI is InChI=1S/C25H25N3O3/c1-17-5-4-8-22(13-17)31-21-11-9-20(10-12-21)27-24(29)16-28-15-19-7-3-2-6-18(19)14-23(28)25(26)30/h2-13,23H,14-16H2,1H3,(H2,26,30)(H,27,29). The zero-order valence-corrected chi connectivity index (χ0v) is 17.4. The van der Waals surface area contributed by atoms with Gasteiger partial charge in [-0.15, -0.1) is 0 Å². The van der Waals surface area contributed by atoms with Crippen LogP contribution in [0.1, 0.15) is 16.7 Å². The van der Waals surface area contributed by atoms with Crippen LogP contribution in [0.5, 0.6) is 11.5 Å². The van der Waals surface area contributed by atoms with E-state index in [1.807, 2.05) is 60.4 Å². The number of carbonyl (C=O) groups excluding carboxylic acids is 2. The molecule has 1 atom stereocenters. The lowest BCUT2D eigenvalue weighted by Gasteiger charge is -2.34. The zero-order valence-electron chi connectivity index (χ0n) is 17.4. The van der Waals surface area contributed by atoms with Crippen molar-refractivity contribution in [3.8, 4) is 11.5 Å².